The zero-order chi connectivity index (χ0) is 18.2. The number of pyridine rings is 2. The Morgan fingerprint density at radius 1 is 0.840 bits per heavy atom. The fraction of sp³-hybridized carbons (Fsp3) is 0.105. The molecule has 2 aromatic carbocycles. The maximum atomic E-state index is 8.83. The van der Waals surface area contributed by atoms with E-state index in [4.69, 9.17) is 18.6 Å². The molecule has 0 bridgehead atoms. The van der Waals surface area contributed by atoms with Crippen molar-refractivity contribution in [3.05, 3.63) is 72.1 Å². The van der Waals surface area contributed by atoms with Gasteiger partial charge in [0.05, 0.1) is 5.39 Å². The summed E-state index contributed by atoms with van der Waals surface area (Å²) >= 11 is 0. The van der Waals surface area contributed by atoms with E-state index in [2.05, 4.69) is 79.0 Å². The third kappa shape index (κ3) is 3.56. The van der Waals surface area contributed by atoms with Gasteiger partial charge in [0.2, 0.25) is 5.52 Å². The van der Waals surface area contributed by atoms with Crippen LogP contribution in [0.25, 0.3) is 27.1 Å². The van der Waals surface area contributed by atoms with Crippen molar-refractivity contribution in [1.82, 2.24) is 0 Å². The maximum absolute atomic E-state index is 8.83. The minimum absolute atomic E-state index is 1.28. The summed E-state index contributed by atoms with van der Waals surface area (Å²) in [7, 11) is -4.19. The van der Waals surface area contributed by atoms with Crippen LogP contribution in [-0.2, 0) is 0 Å². The van der Waals surface area contributed by atoms with Crippen LogP contribution in [0.3, 0.4) is 0 Å². The van der Waals surface area contributed by atoms with Crippen molar-refractivity contribution in [2.75, 3.05) is 0 Å². The van der Waals surface area contributed by atoms with Crippen LogP contribution in [0.1, 0.15) is 11.3 Å². The zero-order valence-corrected chi connectivity index (χ0v) is 14.6. The van der Waals surface area contributed by atoms with Crippen molar-refractivity contribution in [3.63, 3.8) is 0 Å². The van der Waals surface area contributed by atoms with Gasteiger partial charge in [0.1, 0.15) is 0 Å². The van der Waals surface area contributed by atoms with E-state index < -0.39 is 10.2 Å². The van der Waals surface area contributed by atoms with E-state index in [0.717, 1.165) is 0 Å². The summed E-state index contributed by atoms with van der Waals surface area (Å²) < 4.78 is 32.5. The van der Waals surface area contributed by atoms with E-state index in [1.807, 2.05) is 0 Å². The van der Waals surface area contributed by atoms with Crippen molar-refractivity contribution in [2.24, 2.45) is 0 Å². The van der Waals surface area contributed by atoms with Crippen molar-refractivity contribution in [3.8, 4) is 0 Å². The molecule has 6 heteroatoms. The second kappa shape index (κ2) is 6.55. The topological polar surface area (TPSA) is 87.9 Å². The first-order chi connectivity index (χ1) is 11.8. The van der Waals surface area contributed by atoms with Gasteiger partial charge < -0.3 is 0 Å². The molecule has 0 aliphatic carbocycles. The third-order valence-electron chi connectivity index (χ3n) is 4.30. The zero-order valence-electron chi connectivity index (χ0n) is 13.8. The van der Waals surface area contributed by atoms with Crippen molar-refractivity contribution in [1.29, 1.82) is 0 Å². The normalized spacial score (nSPS) is 12.2. The molecule has 0 atom stereocenters. The quantitative estimate of drug-likeness (QED) is 0.252. The SMILES string of the molecule is Cc1c2ccc3ccccc3c2c(C)[n+]2ccccc12.[O-][Cl+](O)(O)O. The van der Waals surface area contributed by atoms with Gasteiger partial charge in [-0.1, -0.05) is 36.4 Å². The molecule has 2 aromatic heterocycles. The van der Waals surface area contributed by atoms with Crippen LogP contribution in [0.2, 0.25) is 0 Å². The molecule has 0 amide bonds. The van der Waals surface area contributed by atoms with E-state index in [1.165, 1.54) is 38.3 Å². The number of halogens is 1. The van der Waals surface area contributed by atoms with Gasteiger partial charge in [-0.3, -0.25) is 0 Å². The summed E-state index contributed by atoms with van der Waals surface area (Å²) in [6.45, 7) is 4.42. The summed E-state index contributed by atoms with van der Waals surface area (Å²) in [5.74, 6) is 0. The first-order valence-corrected chi connectivity index (χ1v) is 8.97. The van der Waals surface area contributed by atoms with Crippen LogP contribution in [0, 0.1) is 24.1 Å². The molecule has 0 aliphatic heterocycles. The molecule has 0 spiro atoms. The Hall–Kier alpha value is -2.28. The van der Waals surface area contributed by atoms with E-state index in [0.29, 0.717) is 0 Å². The molecule has 3 N–H and O–H groups in total. The minimum atomic E-state index is -4.19. The number of benzene rings is 2. The Balaban J connectivity index is 0.000000324. The predicted molar refractivity (Wildman–Crippen MR) is 90.7 cm³/mol. The Kier molecular flexibility index (Phi) is 4.60. The second-order valence-electron chi connectivity index (χ2n) is 5.81. The Labute approximate surface area is 146 Å². The van der Waals surface area contributed by atoms with Crippen LogP contribution in [0.15, 0.2) is 60.8 Å². The summed E-state index contributed by atoms with van der Waals surface area (Å²) in [5, 5.41) is 5.36. The number of fused-ring (bicyclic) bond motifs is 4. The first-order valence-electron chi connectivity index (χ1n) is 7.64. The molecule has 5 nitrogen and oxygen atoms in total. The van der Waals surface area contributed by atoms with Gasteiger partial charge in [-0.25, -0.2) is 0 Å². The number of hydrogen-bond donors (Lipinski definition) is 3. The molecule has 25 heavy (non-hydrogen) atoms. The molecule has 0 saturated carbocycles. The fourth-order valence-electron chi connectivity index (χ4n) is 3.27. The summed E-state index contributed by atoms with van der Waals surface area (Å²) in [5.41, 5.74) is 3.93. The monoisotopic (exact) mass is 360 g/mol. The molecule has 130 valence electrons. The van der Waals surface area contributed by atoms with Gasteiger partial charge in [-0.05, 0) is 29.1 Å². The van der Waals surface area contributed by atoms with Crippen molar-refractivity contribution < 1.29 is 33.3 Å². The van der Waals surface area contributed by atoms with Crippen LogP contribution in [0.5, 0.6) is 0 Å². The van der Waals surface area contributed by atoms with Crippen LogP contribution in [0.4, 0.5) is 0 Å². The van der Waals surface area contributed by atoms with E-state index >= 15 is 0 Å². The molecule has 4 rings (SSSR count). The molecular weight excluding hydrogens is 342 g/mol. The van der Waals surface area contributed by atoms with Crippen LogP contribution >= 0.6 is 0 Å². The molecule has 2 heterocycles. The van der Waals surface area contributed by atoms with Gasteiger partial charge in [-0.2, -0.15) is 4.40 Å². The van der Waals surface area contributed by atoms with Gasteiger partial charge in [-0.15, -0.1) is 0 Å². The number of aryl methyl sites for hydroxylation is 2. The Morgan fingerprint density at radius 3 is 2.20 bits per heavy atom. The summed E-state index contributed by atoms with van der Waals surface area (Å²) in [6.07, 6.45) is 2.15. The molecular formula is C19H19ClNO4+. The standard InChI is InChI=1S/C19H16N.ClH3O4/c1-13-16-11-10-15-7-3-4-8-17(15)19(16)14(2)20-12-6-5-9-18(13)20;2-1(3,4)5/h3-12H,1-2H3;2-4H/q+1;. The van der Waals surface area contributed by atoms with Crippen LogP contribution in [-0.4, -0.2) is 14.0 Å². The van der Waals surface area contributed by atoms with Gasteiger partial charge >= 0.3 is 28.9 Å². The summed E-state index contributed by atoms with van der Waals surface area (Å²) in [6, 6.07) is 19.5. The van der Waals surface area contributed by atoms with E-state index in [1.54, 1.807) is 0 Å². The Bertz CT molecular complexity index is 1070. The van der Waals surface area contributed by atoms with Crippen molar-refractivity contribution in [2.45, 2.75) is 13.8 Å². The molecule has 0 saturated heterocycles. The van der Waals surface area contributed by atoms with E-state index in [9.17, 15) is 0 Å². The molecule has 0 unspecified atom stereocenters. The number of aromatic nitrogens is 1. The average molecular weight is 361 g/mol. The summed E-state index contributed by atoms with van der Waals surface area (Å²) in [4.78, 5) is 0. The predicted octanol–water partition coefficient (Wildman–Crippen LogP) is 1.49. The Morgan fingerprint density at radius 2 is 1.48 bits per heavy atom. The second-order valence-corrected chi connectivity index (χ2v) is 6.68. The fourth-order valence-corrected chi connectivity index (χ4v) is 3.27. The average Bonchev–Trinajstić information content (AvgIpc) is 2.57. The van der Waals surface area contributed by atoms with Gasteiger partial charge in [0.15, 0.2) is 11.9 Å². The first kappa shape index (κ1) is 17.5. The number of hydrogen-bond acceptors (Lipinski definition) is 4. The molecule has 0 aliphatic rings. The number of nitrogens with zero attached hydrogens (tertiary/aromatic N) is 1. The third-order valence-corrected chi connectivity index (χ3v) is 4.30. The van der Waals surface area contributed by atoms with Gasteiger partial charge in [0.25, 0.3) is 0 Å². The molecule has 0 radical (unpaired) electrons. The number of rotatable bonds is 0. The molecule has 4 aromatic rings. The van der Waals surface area contributed by atoms with Gasteiger partial charge in [0, 0.05) is 24.6 Å². The molecule has 0 fully saturated rings. The van der Waals surface area contributed by atoms with Crippen LogP contribution < -0.4 is 9.06 Å². The van der Waals surface area contributed by atoms with Crippen molar-refractivity contribution >= 4 is 27.1 Å². The van der Waals surface area contributed by atoms with E-state index in [-0.39, 0.29) is 0 Å².